The Morgan fingerprint density at radius 1 is 0.418 bits per heavy atom. The summed E-state index contributed by atoms with van der Waals surface area (Å²) in [7, 11) is 0. The van der Waals surface area contributed by atoms with Crippen LogP contribution in [0.2, 0.25) is 0 Å². The van der Waals surface area contributed by atoms with Crippen LogP contribution < -0.4 is 26.2 Å². The quantitative estimate of drug-likeness (QED) is 0.169. The Balaban J connectivity index is 1.12. The van der Waals surface area contributed by atoms with Crippen LogP contribution in [0.5, 0.6) is 0 Å². The summed E-state index contributed by atoms with van der Waals surface area (Å²) in [6.07, 6.45) is 6.99. The molecule has 4 saturated carbocycles. The molecular formula is C52H41BN2. The molecule has 0 aromatic heterocycles. The molecule has 4 bridgehead atoms. The SMILES string of the molecule is c1ccc(-c2cccc(N3c4ccccc4B4c5cccc6c5N(c5ccccc5C65C6CC7CC(C6)CC5C7)c5cc(-c6ccccc6)cc3c54)c2)cc1. The molecule has 4 aliphatic carbocycles. The highest BCUT2D eigenvalue weighted by molar-refractivity contribution is 7.00. The zero-order valence-electron chi connectivity index (χ0n) is 30.9. The normalized spacial score (nSPS) is 24.3. The molecule has 0 saturated heterocycles. The van der Waals surface area contributed by atoms with Gasteiger partial charge in [-0.15, -0.1) is 0 Å². The average Bonchev–Trinajstić information content (AvgIpc) is 3.24. The monoisotopic (exact) mass is 704 g/mol. The largest absolute Gasteiger partial charge is 0.311 e. The summed E-state index contributed by atoms with van der Waals surface area (Å²) in [5, 5.41) is 0. The molecule has 14 rings (SSSR count). The van der Waals surface area contributed by atoms with E-state index in [4.69, 9.17) is 0 Å². The van der Waals surface area contributed by atoms with Crippen molar-refractivity contribution in [2.45, 2.75) is 37.5 Å². The molecule has 262 valence electrons. The molecule has 7 aromatic carbocycles. The number of nitrogens with zero attached hydrogens (tertiary/aromatic N) is 2. The Kier molecular flexibility index (Phi) is 6.18. The molecule has 4 fully saturated rings. The predicted octanol–water partition coefficient (Wildman–Crippen LogP) is 11.2. The lowest BCUT2D eigenvalue weighted by Crippen LogP contribution is -2.64. The topological polar surface area (TPSA) is 6.48 Å². The zero-order valence-corrected chi connectivity index (χ0v) is 30.9. The minimum absolute atomic E-state index is 0.0708. The Morgan fingerprint density at radius 2 is 0.982 bits per heavy atom. The predicted molar refractivity (Wildman–Crippen MR) is 229 cm³/mol. The van der Waals surface area contributed by atoms with Crippen LogP contribution in [-0.2, 0) is 5.41 Å². The van der Waals surface area contributed by atoms with Crippen molar-refractivity contribution in [3.05, 3.63) is 175 Å². The highest BCUT2D eigenvalue weighted by atomic mass is 15.2. The summed E-state index contributed by atoms with van der Waals surface area (Å²) in [5.41, 5.74) is 20.4. The van der Waals surface area contributed by atoms with Gasteiger partial charge in [0.15, 0.2) is 0 Å². The van der Waals surface area contributed by atoms with Gasteiger partial charge >= 0.3 is 0 Å². The fourth-order valence-electron chi connectivity index (χ4n) is 13.1. The lowest BCUT2D eigenvalue weighted by molar-refractivity contribution is -0.0419. The Bertz CT molecular complexity index is 2670. The first-order valence-electron chi connectivity index (χ1n) is 20.6. The van der Waals surface area contributed by atoms with Gasteiger partial charge in [-0.3, -0.25) is 0 Å². The number of benzene rings is 7. The van der Waals surface area contributed by atoms with Crippen LogP contribution in [0, 0.1) is 23.7 Å². The molecule has 3 aliphatic heterocycles. The summed E-state index contributed by atoms with van der Waals surface area (Å²) in [6.45, 7) is 0.130. The van der Waals surface area contributed by atoms with Gasteiger partial charge in [0.2, 0.25) is 0 Å². The minimum atomic E-state index is 0.0708. The second kappa shape index (κ2) is 11.1. The number of hydrogen-bond acceptors (Lipinski definition) is 2. The molecule has 7 aliphatic rings. The zero-order chi connectivity index (χ0) is 35.8. The van der Waals surface area contributed by atoms with Crippen LogP contribution in [0.3, 0.4) is 0 Å². The van der Waals surface area contributed by atoms with Crippen molar-refractivity contribution in [3.63, 3.8) is 0 Å². The number of anilines is 6. The Morgan fingerprint density at radius 3 is 1.73 bits per heavy atom. The van der Waals surface area contributed by atoms with Crippen molar-refractivity contribution in [1.29, 1.82) is 0 Å². The second-order valence-electron chi connectivity index (χ2n) is 17.3. The molecule has 0 unspecified atom stereocenters. The molecule has 2 nitrogen and oxygen atoms in total. The van der Waals surface area contributed by atoms with Crippen LogP contribution in [0.1, 0.15) is 43.2 Å². The maximum Gasteiger partial charge on any atom is 0.252 e. The molecule has 1 spiro atoms. The summed E-state index contributed by atoms with van der Waals surface area (Å²) < 4.78 is 0. The smallest absolute Gasteiger partial charge is 0.252 e. The van der Waals surface area contributed by atoms with E-state index in [2.05, 4.69) is 174 Å². The number of rotatable bonds is 3. The van der Waals surface area contributed by atoms with Gasteiger partial charge in [-0.05, 0) is 142 Å². The lowest BCUT2D eigenvalue weighted by Gasteiger charge is -2.64. The first-order valence-corrected chi connectivity index (χ1v) is 20.6. The number of para-hydroxylation sites is 3. The van der Waals surface area contributed by atoms with Gasteiger partial charge in [0.05, 0.1) is 5.69 Å². The second-order valence-corrected chi connectivity index (χ2v) is 17.3. The van der Waals surface area contributed by atoms with Crippen LogP contribution in [-0.4, -0.2) is 6.71 Å². The Hall–Kier alpha value is -5.80. The fraction of sp³-hybridized carbons (Fsp3) is 0.192. The van der Waals surface area contributed by atoms with Crippen molar-refractivity contribution in [3.8, 4) is 22.3 Å². The van der Waals surface area contributed by atoms with E-state index in [1.54, 1.807) is 11.1 Å². The molecule has 55 heavy (non-hydrogen) atoms. The summed E-state index contributed by atoms with van der Waals surface area (Å²) in [4.78, 5) is 5.29. The maximum atomic E-state index is 2.73. The molecule has 0 radical (unpaired) electrons. The highest BCUT2D eigenvalue weighted by Crippen LogP contribution is 2.69. The summed E-state index contributed by atoms with van der Waals surface area (Å²) >= 11 is 0. The van der Waals surface area contributed by atoms with Crippen molar-refractivity contribution in [2.24, 2.45) is 23.7 Å². The van der Waals surface area contributed by atoms with Crippen molar-refractivity contribution in [2.75, 3.05) is 9.80 Å². The minimum Gasteiger partial charge on any atom is -0.311 e. The molecule has 0 atom stereocenters. The maximum absolute atomic E-state index is 2.73. The van der Waals surface area contributed by atoms with Crippen molar-refractivity contribution < 1.29 is 0 Å². The van der Waals surface area contributed by atoms with Gasteiger partial charge in [0, 0.05) is 33.9 Å². The van der Waals surface area contributed by atoms with E-state index < -0.39 is 0 Å². The molecule has 0 amide bonds. The van der Waals surface area contributed by atoms with Crippen LogP contribution in [0.4, 0.5) is 34.1 Å². The van der Waals surface area contributed by atoms with Crippen molar-refractivity contribution >= 4 is 57.2 Å². The fourth-order valence-corrected chi connectivity index (χ4v) is 13.1. The van der Waals surface area contributed by atoms with Gasteiger partial charge in [-0.25, -0.2) is 0 Å². The molecule has 0 N–H and O–H groups in total. The van der Waals surface area contributed by atoms with Gasteiger partial charge in [0.25, 0.3) is 6.71 Å². The van der Waals surface area contributed by atoms with Crippen LogP contribution >= 0.6 is 0 Å². The molecule has 3 heterocycles. The first-order chi connectivity index (χ1) is 27.3. The van der Waals surface area contributed by atoms with Crippen LogP contribution in [0.25, 0.3) is 22.3 Å². The van der Waals surface area contributed by atoms with Gasteiger partial charge < -0.3 is 9.80 Å². The van der Waals surface area contributed by atoms with Crippen molar-refractivity contribution in [1.82, 2.24) is 0 Å². The lowest BCUT2D eigenvalue weighted by atomic mass is 9.32. The van der Waals surface area contributed by atoms with Gasteiger partial charge in [0.1, 0.15) is 0 Å². The van der Waals surface area contributed by atoms with Crippen LogP contribution in [0.15, 0.2) is 164 Å². The van der Waals surface area contributed by atoms with Gasteiger partial charge in [-0.2, -0.15) is 0 Å². The van der Waals surface area contributed by atoms with E-state index in [1.165, 1.54) is 105 Å². The van der Waals surface area contributed by atoms with E-state index in [0.717, 1.165) is 11.8 Å². The van der Waals surface area contributed by atoms with E-state index in [1.807, 2.05) is 0 Å². The first kappa shape index (κ1) is 30.5. The molecular weight excluding hydrogens is 663 g/mol. The van der Waals surface area contributed by atoms with E-state index >= 15 is 0 Å². The standard InChI is InChI=1S/C52H41BN2/c1-3-13-35(14-4-1)37-17-11-18-41(30-37)54-47-24-10-8-21-44(47)53-45-22-12-20-43-51(45)55(49-32-38(31-48(54)50(49)53)36-15-5-2-6-16-36)46-23-9-7-19-42(46)52(43)39-26-33-25-34(28-39)29-40(52)27-33/h1-24,30-34,39-40H,25-29H2. The molecule has 3 heteroatoms. The third-order valence-corrected chi connectivity index (χ3v) is 14.8. The molecule has 7 aromatic rings. The van der Waals surface area contributed by atoms with E-state index in [0.29, 0.717) is 11.8 Å². The third kappa shape index (κ3) is 4.01. The Labute approximate surface area is 324 Å². The average molecular weight is 705 g/mol. The number of hydrogen-bond donors (Lipinski definition) is 0. The summed E-state index contributed by atoms with van der Waals surface area (Å²) in [6, 6.07) is 62.4. The van der Waals surface area contributed by atoms with E-state index in [-0.39, 0.29) is 12.1 Å². The summed E-state index contributed by atoms with van der Waals surface area (Å²) in [5.74, 6) is 3.23. The third-order valence-electron chi connectivity index (χ3n) is 14.8. The highest BCUT2D eigenvalue weighted by Gasteiger charge is 2.62. The number of fused-ring (bicyclic) bond motifs is 6. The van der Waals surface area contributed by atoms with E-state index in [9.17, 15) is 0 Å². The van der Waals surface area contributed by atoms with Gasteiger partial charge in [-0.1, -0.05) is 127 Å².